The van der Waals surface area contributed by atoms with E-state index < -0.39 is 17.5 Å². The second-order valence-corrected chi connectivity index (χ2v) is 5.39. The molecule has 4 rings (SSSR count). The number of pyridine rings is 1. The molecule has 0 radical (unpaired) electrons. The maximum atomic E-state index is 14.1. The zero-order chi connectivity index (χ0) is 16.1. The maximum Gasteiger partial charge on any atom is 0.261 e. The zero-order valence-corrected chi connectivity index (χ0v) is 11.8. The molecule has 0 fully saturated rings. The molecular formula is C16H10F3N3O. The van der Waals surface area contributed by atoms with Crippen LogP contribution in [-0.2, 0) is 13.0 Å². The van der Waals surface area contributed by atoms with Crippen LogP contribution in [0.2, 0.25) is 0 Å². The van der Waals surface area contributed by atoms with E-state index in [1.54, 1.807) is 4.57 Å². The molecule has 2 aromatic heterocycles. The van der Waals surface area contributed by atoms with Crippen molar-refractivity contribution in [1.29, 1.82) is 0 Å². The van der Waals surface area contributed by atoms with Gasteiger partial charge in [0.25, 0.3) is 5.56 Å². The third-order valence-corrected chi connectivity index (χ3v) is 4.00. The second-order valence-electron chi connectivity index (χ2n) is 5.39. The Morgan fingerprint density at radius 2 is 1.87 bits per heavy atom. The van der Waals surface area contributed by atoms with Gasteiger partial charge < -0.3 is 0 Å². The van der Waals surface area contributed by atoms with E-state index in [-0.39, 0.29) is 27.7 Å². The summed E-state index contributed by atoms with van der Waals surface area (Å²) in [5.41, 5.74) is -0.208. The largest absolute Gasteiger partial charge is 0.296 e. The first-order chi connectivity index (χ1) is 11.1. The normalized spacial score (nSPS) is 13.5. The van der Waals surface area contributed by atoms with Crippen LogP contribution < -0.4 is 5.56 Å². The SMILES string of the molecule is O=c1c2ccnc(-c3cc(F)c(F)cc3F)c2nc2n1CCC2. The summed E-state index contributed by atoms with van der Waals surface area (Å²) < 4.78 is 42.3. The van der Waals surface area contributed by atoms with Gasteiger partial charge in [-0.15, -0.1) is 0 Å². The highest BCUT2D eigenvalue weighted by atomic mass is 19.2. The van der Waals surface area contributed by atoms with Crippen LogP contribution in [-0.4, -0.2) is 14.5 Å². The molecule has 3 aromatic rings. The van der Waals surface area contributed by atoms with Gasteiger partial charge in [-0.3, -0.25) is 14.3 Å². The fourth-order valence-electron chi connectivity index (χ4n) is 2.91. The van der Waals surface area contributed by atoms with Crippen molar-refractivity contribution in [2.75, 3.05) is 0 Å². The maximum absolute atomic E-state index is 14.1. The van der Waals surface area contributed by atoms with Crippen LogP contribution in [0.25, 0.3) is 22.2 Å². The lowest BCUT2D eigenvalue weighted by molar-refractivity contribution is 0.496. The van der Waals surface area contributed by atoms with Crippen LogP contribution in [0, 0.1) is 17.5 Å². The van der Waals surface area contributed by atoms with E-state index in [0.717, 1.165) is 12.5 Å². The molecule has 0 unspecified atom stereocenters. The lowest BCUT2D eigenvalue weighted by Crippen LogP contribution is -2.21. The van der Waals surface area contributed by atoms with Crippen LogP contribution in [0.1, 0.15) is 12.2 Å². The Balaban J connectivity index is 2.08. The van der Waals surface area contributed by atoms with E-state index in [2.05, 4.69) is 9.97 Å². The highest BCUT2D eigenvalue weighted by molar-refractivity contribution is 5.90. The van der Waals surface area contributed by atoms with Crippen LogP contribution in [0.15, 0.2) is 29.2 Å². The van der Waals surface area contributed by atoms with Gasteiger partial charge in [0.1, 0.15) is 17.2 Å². The molecular weight excluding hydrogens is 307 g/mol. The Morgan fingerprint density at radius 3 is 2.70 bits per heavy atom. The lowest BCUT2D eigenvalue weighted by Gasteiger charge is -2.09. The Hall–Kier alpha value is -2.70. The monoisotopic (exact) mass is 317 g/mol. The van der Waals surface area contributed by atoms with E-state index in [1.165, 1.54) is 12.3 Å². The first-order valence-electron chi connectivity index (χ1n) is 7.09. The van der Waals surface area contributed by atoms with Crippen LogP contribution in [0.4, 0.5) is 13.2 Å². The molecule has 0 bridgehead atoms. The van der Waals surface area contributed by atoms with E-state index in [0.29, 0.717) is 24.9 Å². The Bertz CT molecular complexity index is 1010. The highest BCUT2D eigenvalue weighted by Gasteiger charge is 2.21. The molecule has 23 heavy (non-hydrogen) atoms. The molecule has 0 saturated heterocycles. The summed E-state index contributed by atoms with van der Waals surface area (Å²) in [6.07, 6.45) is 2.78. The topological polar surface area (TPSA) is 47.8 Å². The first-order valence-corrected chi connectivity index (χ1v) is 7.09. The molecule has 1 aliphatic rings. The number of rotatable bonds is 1. The molecule has 4 nitrogen and oxygen atoms in total. The number of halogens is 3. The molecule has 0 spiro atoms. The van der Waals surface area contributed by atoms with Crippen molar-refractivity contribution in [2.24, 2.45) is 0 Å². The standard InChI is InChI=1S/C16H10F3N3O/c17-10-7-12(19)11(18)6-9(10)14-15-8(3-4-20-14)16(23)22-5-1-2-13(22)21-15/h3-4,6-7H,1-2,5H2. The summed E-state index contributed by atoms with van der Waals surface area (Å²) >= 11 is 0. The number of aryl methyl sites for hydroxylation is 1. The molecule has 1 aliphatic heterocycles. The Kier molecular flexibility index (Phi) is 2.97. The van der Waals surface area contributed by atoms with Crippen molar-refractivity contribution in [3.05, 3.63) is 58.0 Å². The smallest absolute Gasteiger partial charge is 0.261 e. The summed E-state index contributed by atoms with van der Waals surface area (Å²) in [7, 11) is 0. The summed E-state index contributed by atoms with van der Waals surface area (Å²) in [5.74, 6) is -2.82. The van der Waals surface area contributed by atoms with Crippen molar-refractivity contribution >= 4 is 10.9 Å². The number of nitrogens with zero attached hydrogens (tertiary/aromatic N) is 3. The number of aromatic nitrogens is 3. The van der Waals surface area contributed by atoms with Gasteiger partial charge in [0.2, 0.25) is 0 Å². The predicted molar refractivity (Wildman–Crippen MR) is 77.4 cm³/mol. The Labute approximate surface area is 128 Å². The molecule has 0 saturated carbocycles. The number of hydrogen-bond acceptors (Lipinski definition) is 3. The van der Waals surface area contributed by atoms with Crippen LogP contribution >= 0.6 is 0 Å². The van der Waals surface area contributed by atoms with Gasteiger partial charge in [-0.1, -0.05) is 0 Å². The van der Waals surface area contributed by atoms with Gasteiger partial charge in [-0.25, -0.2) is 18.2 Å². The average Bonchev–Trinajstić information content (AvgIpc) is 3.00. The van der Waals surface area contributed by atoms with Gasteiger partial charge in [0.05, 0.1) is 11.1 Å². The first kappa shape index (κ1) is 13.9. The van der Waals surface area contributed by atoms with E-state index in [9.17, 15) is 18.0 Å². The molecule has 0 aliphatic carbocycles. The molecule has 0 N–H and O–H groups in total. The predicted octanol–water partition coefficient (Wildman–Crippen LogP) is 2.82. The van der Waals surface area contributed by atoms with Crippen LogP contribution in [0.3, 0.4) is 0 Å². The third kappa shape index (κ3) is 2.03. The zero-order valence-electron chi connectivity index (χ0n) is 11.8. The summed E-state index contributed by atoms with van der Waals surface area (Å²) in [6.45, 7) is 0.592. The summed E-state index contributed by atoms with van der Waals surface area (Å²) in [6, 6.07) is 2.70. The minimum atomic E-state index is -1.28. The third-order valence-electron chi connectivity index (χ3n) is 4.00. The van der Waals surface area contributed by atoms with Gasteiger partial charge in [0.15, 0.2) is 11.6 Å². The highest BCUT2D eigenvalue weighted by Crippen LogP contribution is 2.28. The minimum Gasteiger partial charge on any atom is -0.296 e. The number of hydrogen-bond donors (Lipinski definition) is 0. The van der Waals surface area contributed by atoms with Gasteiger partial charge >= 0.3 is 0 Å². The molecule has 0 atom stereocenters. The van der Waals surface area contributed by atoms with Crippen molar-refractivity contribution < 1.29 is 13.2 Å². The van der Waals surface area contributed by atoms with E-state index in [4.69, 9.17) is 0 Å². The molecule has 0 amide bonds. The number of fused-ring (bicyclic) bond motifs is 2. The van der Waals surface area contributed by atoms with E-state index in [1.807, 2.05) is 0 Å². The molecule has 3 heterocycles. The fourth-order valence-corrected chi connectivity index (χ4v) is 2.91. The fraction of sp³-hybridized carbons (Fsp3) is 0.188. The van der Waals surface area contributed by atoms with E-state index >= 15 is 0 Å². The lowest BCUT2D eigenvalue weighted by atomic mass is 10.1. The van der Waals surface area contributed by atoms with Crippen molar-refractivity contribution in [3.63, 3.8) is 0 Å². The minimum absolute atomic E-state index is 0.0336. The van der Waals surface area contributed by atoms with Gasteiger partial charge in [-0.05, 0) is 18.6 Å². The average molecular weight is 317 g/mol. The Morgan fingerprint density at radius 1 is 1.09 bits per heavy atom. The summed E-state index contributed by atoms with van der Waals surface area (Å²) in [4.78, 5) is 20.9. The van der Waals surface area contributed by atoms with Crippen molar-refractivity contribution in [3.8, 4) is 11.3 Å². The van der Waals surface area contributed by atoms with Gasteiger partial charge in [-0.2, -0.15) is 0 Å². The van der Waals surface area contributed by atoms with Crippen molar-refractivity contribution in [1.82, 2.24) is 14.5 Å². The van der Waals surface area contributed by atoms with Crippen LogP contribution in [0.5, 0.6) is 0 Å². The summed E-state index contributed by atoms with van der Waals surface area (Å²) in [5, 5.41) is 0.282. The quantitative estimate of drug-likeness (QED) is 0.649. The van der Waals surface area contributed by atoms with Crippen molar-refractivity contribution in [2.45, 2.75) is 19.4 Å². The van der Waals surface area contributed by atoms with Gasteiger partial charge in [0, 0.05) is 30.8 Å². The second kappa shape index (κ2) is 4.91. The molecule has 116 valence electrons. The molecule has 7 heteroatoms. The number of benzene rings is 1. The molecule has 1 aromatic carbocycles.